The minimum atomic E-state index is -1.22. The van der Waals surface area contributed by atoms with Crippen molar-refractivity contribution in [2.24, 2.45) is 0 Å². The molecule has 0 radical (unpaired) electrons. The molecule has 0 spiro atoms. The Kier molecular flexibility index (Phi) is 5.66. The summed E-state index contributed by atoms with van der Waals surface area (Å²) >= 11 is 0. The first kappa shape index (κ1) is 19.5. The maximum atomic E-state index is 12.3. The molecule has 6 heteroatoms. The number of benzene rings is 3. The van der Waals surface area contributed by atoms with Crippen molar-refractivity contribution in [1.82, 2.24) is 5.32 Å². The van der Waals surface area contributed by atoms with E-state index in [1.54, 1.807) is 24.3 Å². The van der Waals surface area contributed by atoms with Gasteiger partial charge in [0.15, 0.2) is 6.04 Å². The first-order valence-electron chi connectivity index (χ1n) is 9.65. The van der Waals surface area contributed by atoms with E-state index in [-0.39, 0.29) is 19.1 Å². The summed E-state index contributed by atoms with van der Waals surface area (Å²) in [7, 11) is 0. The first-order valence-corrected chi connectivity index (χ1v) is 9.65. The minimum Gasteiger partial charge on any atom is -0.491 e. The summed E-state index contributed by atoms with van der Waals surface area (Å²) in [6.07, 6.45) is -0.791. The van der Waals surface area contributed by atoms with Gasteiger partial charge in [-0.3, -0.25) is 0 Å². The molecule has 0 aromatic heterocycles. The van der Waals surface area contributed by atoms with Gasteiger partial charge in [0, 0.05) is 5.92 Å². The van der Waals surface area contributed by atoms with Crippen molar-refractivity contribution in [2.45, 2.75) is 12.0 Å². The third-order valence-corrected chi connectivity index (χ3v) is 5.09. The van der Waals surface area contributed by atoms with Crippen LogP contribution in [0.15, 0.2) is 78.9 Å². The normalized spacial score (nSPS) is 13.1. The molecular formula is C24H21NO5. The molecule has 0 bridgehead atoms. The fraction of sp³-hybridized carbons (Fsp3) is 0.167. The third kappa shape index (κ3) is 4.12. The molecule has 3 aromatic rings. The van der Waals surface area contributed by atoms with E-state index < -0.39 is 18.1 Å². The zero-order chi connectivity index (χ0) is 20.9. The molecular weight excluding hydrogens is 382 g/mol. The van der Waals surface area contributed by atoms with Crippen molar-refractivity contribution in [3.8, 4) is 16.9 Å². The van der Waals surface area contributed by atoms with Gasteiger partial charge in [0.1, 0.15) is 19.0 Å². The second-order valence-corrected chi connectivity index (χ2v) is 6.98. The summed E-state index contributed by atoms with van der Waals surface area (Å²) in [6, 6.07) is 23.6. The fourth-order valence-electron chi connectivity index (χ4n) is 3.65. The van der Waals surface area contributed by atoms with Crippen molar-refractivity contribution in [3.05, 3.63) is 90.0 Å². The second kappa shape index (κ2) is 8.69. The number of carbonyl (C=O) groups excluding carboxylic acids is 1. The predicted molar refractivity (Wildman–Crippen MR) is 112 cm³/mol. The summed E-state index contributed by atoms with van der Waals surface area (Å²) in [6.45, 7) is -0.0880. The molecule has 3 aromatic carbocycles. The van der Waals surface area contributed by atoms with Gasteiger partial charge < -0.3 is 19.9 Å². The van der Waals surface area contributed by atoms with Gasteiger partial charge in [-0.25, -0.2) is 9.59 Å². The summed E-state index contributed by atoms with van der Waals surface area (Å²) in [5.74, 6) is -0.760. The summed E-state index contributed by atoms with van der Waals surface area (Å²) in [5, 5.41) is 11.8. The monoisotopic (exact) mass is 403 g/mol. The van der Waals surface area contributed by atoms with Crippen molar-refractivity contribution < 1.29 is 24.2 Å². The van der Waals surface area contributed by atoms with Crippen molar-refractivity contribution >= 4 is 12.1 Å². The smallest absolute Gasteiger partial charge is 0.407 e. The highest BCUT2D eigenvalue weighted by atomic mass is 16.5. The van der Waals surface area contributed by atoms with Crippen LogP contribution >= 0.6 is 0 Å². The Bertz CT molecular complexity index is 1000. The molecule has 30 heavy (non-hydrogen) atoms. The standard InChI is InChI=1S/C24H21NO5/c26-23(27)22(15-29-16-8-2-1-3-9-16)25-24(28)30-14-21-19-12-6-4-10-17(19)18-11-5-7-13-20(18)21/h1-13,21-22H,14-15H2,(H,25,28)(H,26,27)/t22-/m0/s1. The Balaban J connectivity index is 1.38. The molecule has 1 atom stereocenters. The molecule has 0 saturated carbocycles. The fourth-order valence-corrected chi connectivity index (χ4v) is 3.65. The Morgan fingerprint density at radius 2 is 1.43 bits per heavy atom. The minimum absolute atomic E-state index is 0.0907. The van der Waals surface area contributed by atoms with E-state index in [4.69, 9.17) is 9.47 Å². The van der Waals surface area contributed by atoms with Crippen molar-refractivity contribution in [2.75, 3.05) is 13.2 Å². The largest absolute Gasteiger partial charge is 0.491 e. The maximum Gasteiger partial charge on any atom is 0.407 e. The van der Waals surface area contributed by atoms with E-state index in [9.17, 15) is 14.7 Å². The zero-order valence-electron chi connectivity index (χ0n) is 16.2. The molecule has 0 fully saturated rings. The SMILES string of the molecule is O=C(N[C@@H](COc1ccccc1)C(=O)O)OCC1c2ccccc2-c2ccccc21. The van der Waals surface area contributed by atoms with Crippen LogP contribution in [0.1, 0.15) is 17.0 Å². The Hall–Kier alpha value is -3.80. The van der Waals surface area contributed by atoms with Crippen LogP contribution in [-0.4, -0.2) is 36.4 Å². The van der Waals surface area contributed by atoms with Crippen molar-refractivity contribution in [1.29, 1.82) is 0 Å². The number of hydrogen-bond acceptors (Lipinski definition) is 4. The van der Waals surface area contributed by atoms with E-state index in [1.807, 2.05) is 42.5 Å². The highest BCUT2D eigenvalue weighted by Crippen LogP contribution is 2.44. The van der Waals surface area contributed by atoms with Gasteiger partial charge in [-0.1, -0.05) is 66.7 Å². The second-order valence-electron chi connectivity index (χ2n) is 6.98. The highest BCUT2D eigenvalue weighted by Gasteiger charge is 2.29. The van der Waals surface area contributed by atoms with Gasteiger partial charge >= 0.3 is 12.1 Å². The summed E-state index contributed by atoms with van der Waals surface area (Å²) in [5.41, 5.74) is 4.44. The lowest BCUT2D eigenvalue weighted by atomic mass is 9.98. The van der Waals surface area contributed by atoms with E-state index >= 15 is 0 Å². The lowest BCUT2D eigenvalue weighted by molar-refractivity contribution is -0.140. The van der Waals surface area contributed by atoms with Gasteiger partial charge in [0.2, 0.25) is 0 Å². The molecule has 1 aliphatic rings. The van der Waals surface area contributed by atoms with Crippen LogP contribution in [0.3, 0.4) is 0 Å². The van der Waals surface area contributed by atoms with E-state index in [0.29, 0.717) is 5.75 Å². The highest BCUT2D eigenvalue weighted by molar-refractivity contribution is 5.81. The average Bonchev–Trinajstić information content (AvgIpc) is 3.09. The topological polar surface area (TPSA) is 84.9 Å². The molecule has 1 aliphatic carbocycles. The number of nitrogens with one attached hydrogen (secondary N) is 1. The molecule has 0 heterocycles. The molecule has 0 saturated heterocycles. The van der Waals surface area contributed by atoms with Gasteiger partial charge in [0.25, 0.3) is 0 Å². The summed E-state index contributed by atoms with van der Waals surface area (Å²) < 4.78 is 10.9. The van der Waals surface area contributed by atoms with E-state index in [0.717, 1.165) is 22.3 Å². The Morgan fingerprint density at radius 3 is 2.03 bits per heavy atom. The number of amides is 1. The number of para-hydroxylation sites is 1. The van der Waals surface area contributed by atoms with Gasteiger partial charge in [0.05, 0.1) is 0 Å². The average molecular weight is 403 g/mol. The van der Waals surface area contributed by atoms with Gasteiger partial charge in [-0.05, 0) is 34.4 Å². The molecule has 0 unspecified atom stereocenters. The number of rotatable bonds is 7. The lowest BCUT2D eigenvalue weighted by Crippen LogP contribution is -2.45. The van der Waals surface area contributed by atoms with Crippen LogP contribution < -0.4 is 10.1 Å². The predicted octanol–water partition coefficient (Wildman–Crippen LogP) is 4.06. The Morgan fingerprint density at radius 1 is 0.867 bits per heavy atom. The van der Waals surface area contributed by atoms with Gasteiger partial charge in [-0.2, -0.15) is 0 Å². The summed E-state index contributed by atoms with van der Waals surface area (Å²) in [4.78, 5) is 23.8. The first-order chi connectivity index (χ1) is 14.6. The molecule has 6 nitrogen and oxygen atoms in total. The Labute approximate surface area is 174 Å². The number of alkyl carbamates (subject to hydrolysis) is 1. The quantitative estimate of drug-likeness (QED) is 0.622. The van der Waals surface area contributed by atoms with E-state index in [1.165, 1.54) is 0 Å². The van der Waals surface area contributed by atoms with Crippen LogP contribution in [0.4, 0.5) is 4.79 Å². The number of hydrogen-bond donors (Lipinski definition) is 2. The van der Waals surface area contributed by atoms with Crippen LogP contribution in [-0.2, 0) is 9.53 Å². The number of ether oxygens (including phenoxy) is 2. The number of fused-ring (bicyclic) bond motifs is 3. The van der Waals surface area contributed by atoms with Gasteiger partial charge in [-0.15, -0.1) is 0 Å². The van der Waals surface area contributed by atoms with Crippen LogP contribution in [0.5, 0.6) is 5.75 Å². The number of aliphatic carboxylic acids is 1. The lowest BCUT2D eigenvalue weighted by Gasteiger charge is -2.18. The number of carbonyl (C=O) groups is 2. The van der Waals surface area contributed by atoms with E-state index in [2.05, 4.69) is 17.4 Å². The molecule has 2 N–H and O–H groups in total. The molecule has 152 valence electrons. The van der Waals surface area contributed by atoms with Crippen LogP contribution in [0.2, 0.25) is 0 Å². The zero-order valence-corrected chi connectivity index (χ0v) is 16.2. The maximum absolute atomic E-state index is 12.3. The third-order valence-electron chi connectivity index (χ3n) is 5.09. The molecule has 0 aliphatic heterocycles. The molecule has 4 rings (SSSR count). The van der Waals surface area contributed by atoms with Crippen LogP contribution in [0.25, 0.3) is 11.1 Å². The number of carboxylic acid groups (broad SMARTS) is 1. The van der Waals surface area contributed by atoms with Crippen LogP contribution in [0, 0.1) is 0 Å². The molecule has 1 amide bonds. The van der Waals surface area contributed by atoms with Crippen molar-refractivity contribution in [3.63, 3.8) is 0 Å². The number of carboxylic acids is 1.